The van der Waals surface area contributed by atoms with Gasteiger partial charge in [0.05, 0.1) is 30.1 Å². The van der Waals surface area contributed by atoms with Gasteiger partial charge in [0.1, 0.15) is 29.6 Å². The Labute approximate surface area is 323 Å². The van der Waals surface area contributed by atoms with Gasteiger partial charge in [0.2, 0.25) is 15.9 Å². The number of sulfonamides is 1. The molecule has 11 nitrogen and oxygen atoms in total. The van der Waals surface area contributed by atoms with Crippen LogP contribution in [0.15, 0.2) is 48.5 Å². The number of carbonyl (C=O) groups is 1. The molecule has 0 spiro atoms. The number of amides is 1. The Kier molecular flexibility index (Phi) is 10.9. The predicted molar refractivity (Wildman–Crippen MR) is 197 cm³/mol. The number of aryl methyl sites for hydroxylation is 1. The topological polar surface area (TPSA) is 127 Å². The first-order chi connectivity index (χ1) is 26.5. The third-order valence-electron chi connectivity index (χ3n) is 9.64. The van der Waals surface area contributed by atoms with Gasteiger partial charge in [-0.1, -0.05) is 31.9 Å². The number of nitrogens with one attached hydrogen (secondary N) is 2. The van der Waals surface area contributed by atoms with Gasteiger partial charge in [-0.05, 0) is 68.2 Å². The second-order valence-corrected chi connectivity index (χ2v) is 16.0. The van der Waals surface area contributed by atoms with Crippen molar-refractivity contribution in [2.75, 3.05) is 31.6 Å². The van der Waals surface area contributed by atoms with Crippen LogP contribution in [0.1, 0.15) is 59.7 Å². The molecule has 57 heavy (non-hydrogen) atoms. The molecule has 3 atom stereocenters. The number of pyridine rings is 1. The van der Waals surface area contributed by atoms with Crippen molar-refractivity contribution in [1.82, 2.24) is 34.8 Å². The Bertz CT molecular complexity index is 2540. The highest BCUT2D eigenvalue weighted by Crippen LogP contribution is 2.55. The number of hydrogen-bond donors (Lipinski definition) is 2. The number of hydrogen-bond acceptors (Lipinski definition) is 7. The predicted octanol–water partition coefficient (Wildman–Crippen LogP) is 6.36. The highest BCUT2D eigenvalue weighted by molar-refractivity contribution is 7.92. The molecule has 3 heterocycles. The van der Waals surface area contributed by atoms with Gasteiger partial charge in [-0.2, -0.15) is 32.1 Å². The molecule has 6 rings (SSSR count). The summed E-state index contributed by atoms with van der Waals surface area (Å²) in [6.07, 6.45) is -4.48. The molecule has 0 fully saturated rings. The summed E-state index contributed by atoms with van der Waals surface area (Å²) in [6, 6.07) is 9.49. The fraction of sp³-hybridized carbons (Fsp3) is 0.368. The normalized spacial score (nSPS) is 17.0. The van der Waals surface area contributed by atoms with E-state index >= 15 is 8.78 Å². The van der Waals surface area contributed by atoms with E-state index in [4.69, 9.17) is 4.98 Å². The molecule has 0 saturated carbocycles. The molecular weight excluding hydrogens is 782 g/mol. The van der Waals surface area contributed by atoms with Gasteiger partial charge in [-0.3, -0.25) is 23.8 Å². The molecule has 0 bridgehead atoms. The minimum Gasteiger partial charge on any atom is -0.346 e. The summed E-state index contributed by atoms with van der Waals surface area (Å²) in [5.41, 5.74) is -1.75. The van der Waals surface area contributed by atoms with Crippen LogP contribution >= 0.6 is 0 Å². The van der Waals surface area contributed by atoms with Crippen LogP contribution in [0.4, 0.5) is 36.6 Å². The minimum absolute atomic E-state index is 0.0167. The molecule has 2 aromatic carbocycles. The van der Waals surface area contributed by atoms with Gasteiger partial charge in [0, 0.05) is 41.1 Å². The number of carbonyl (C=O) groups excluding carboxylic acids is 1. The number of fused-ring (bicyclic) bond motifs is 2. The van der Waals surface area contributed by atoms with Crippen LogP contribution in [0, 0.1) is 29.4 Å². The number of anilines is 1. The zero-order chi connectivity index (χ0) is 41.8. The highest BCUT2D eigenvalue weighted by Gasteiger charge is 2.57. The number of aromatic nitrogens is 5. The highest BCUT2D eigenvalue weighted by atomic mass is 32.2. The van der Waals surface area contributed by atoms with Gasteiger partial charge in [0.15, 0.2) is 11.5 Å². The Hall–Kier alpha value is -5.48. The first-order valence-corrected chi connectivity index (χ1v) is 19.3. The molecule has 2 N–H and O–H groups in total. The second-order valence-electron chi connectivity index (χ2n) is 14.3. The second kappa shape index (κ2) is 15.1. The van der Waals surface area contributed by atoms with E-state index in [9.17, 15) is 35.2 Å². The quantitative estimate of drug-likeness (QED) is 0.124. The van der Waals surface area contributed by atoms with Crippen molar-refractivity contribution in [2.45, 2.75) is 50.9 Å². The number of alkyl halides is 5. The van der Waals surface area contributed by atoms with E-state index in [1.165, 1.54) is 11.6 Å². The third-order valence-corrected chi connectivity index (χ3v) is 10.2. The average molecular weight is 819 g/mol. The zero-order valence-corrected chi connectivity index (χ0v) is 32.3. The fourth-order valence-electron chi connectivity index (χ4n) is 7.05. The molecule has 5 aromatic rings. The van der Waals surface area contributed by atoms with Crippen LogP contribution < -0.4 is 10.0 Å². The summed E-state index contributed by atoms with van der Waals surface area (Å²) < 4.78 is 131. The number of halogens is 7. The number of para-hydroxylation sites is 1. The molecule has 1 aliphatic carbocycles. The summed E-state index contributed by atoms with van der Waals surface area (Å²) >= 11 is 0. The van der Waals surface area contributed by atoms with Gasteiger partial charge >= 0.3 is 6.18 Å². The van der Waals surface area contributed by atoms with Crippen LogP contribution in [-0.4, -0.2) is 70.7 Å². The SMILES string of the molecule is C[C@@H]1c2c(C(F)(F)F)nn(CC(=O)N[C@@H](Cc3cc(F)cc(F)c3)c3nc(C#CCN(C)C)ccc3-c3cccc4c(NS(C)(=O)=O)nn(C)c34)c2C(F)(F)[C@@H]1C. The lowest BCUT2D eigenvalue weighted by Gasteiger charge is -2.23. The van der Waals surface area contributed by atoms with Crippen LogP contribution in [0.3, 0.4) is 0 Å². The van der Waals surface area contributed by atoms with E-state index in [-0.39, 0.29) is 29.2 Å². The first-order valence-electron chi connectivity index (χ1n) is 17.4. The summed E-state index contributed by atoms with van der Waals surface area (Å²) in [7, 11) is 1.40. The van der Waals surface area contributed by atoms with E-state index in [0.717, 1.165) is 25.3 Å². The minimum atomic E-state index is -5.10. The summed E-state index contributed by atoms with van der Waals surface area (Å²) in [4.78, 5) is 20.5. The molecule has 3 aromatic heterocycles. The van der Waals surface area contributed by atoms with Crippen molar-refractivity contribution in [3.05, 3.63) is 94.1 Å². The molecule has 1 amide bonds. The number of rotatable bonds is 10. The lowest BCUT2D eigenvalue weighted by atomic mass is 9.93. The van der Waals surface area contributed by atoms with E-state index in [1.807, 2.05) is 0 Å². The zero-order valence-electron chi connectivity index (χ0n) is 31.4. The molecule has 19 heteroatoms. The van der Waals surface area contributed by atoms with Crippen molar-refractivity contribution in [1.29, 1.82) is 0 Å². The van der Waals surface area contributed by atoms with Crippen molar-refractivity contribution >= 4 is 32.7 Å². The Morgan fingerprint density at radius 2 is 1.72 bits per heavy atom. The van der Waals surface area contributed by atoms with Gasteiger partial charge in [-0.25, -0.2) is 22.2 Å². The van der Waals surface area contributed by atoms with Crippen LogP contribution in [0.25, 0.3) is 22.0 Å². The van der Waals surface area contributed by atoms with Gasteiger partial charge < -0.3 is 5.32 Å². The van der Waals surface area contributed by atoms with E-state index in [0.29, 0.717) is 39.3 Å². The maximum Gasteiger partial charge on any atom is 0.435 e. The van der Waals surface area contributed by atoms with Gasteiger partial charge in [-0.15, -0.1) is 0 Å². The monoisotopic (exact) mass is 818 g/mol. The Morgan fingerprint density at radius 1 is 1.04 bits per heavy atom. The first kappa shape index (κ1) is 41.2. The Morgan fingerprint density at radius 3 is 2.35 bits per heavy atom. The van der Waals surface area contributed by atoms with E-state index in [1.54, 1.807) is 56.4 Å². The van der Waals surface area contributed by atoms with Crippen molar-refractivity contribution < 1.29 is 43.9 Å². The Balaban J connectivity index is 1.52. The van der Waals surface area contributed by atoms with Crippen LogP contribution in [0.5, 0.6) is 0 Å². The molecule has 0 saturated heterocycles. The lowest BCUT2D eigenvalue weighted by Crippen LogP contribution is -2.35. The number of nitrogens with zero attached hydrogens (tertiary/aromatic N) is 6. The lowest BCUT2D eigenvalue weighted by molar-refractivity contribution is -0.143. The largest absolute Gasteiger partial charge is 0.435 e. The van der Waals surface area contributed by atoms with Crippen molar-refractivity contribution in [2.24, 2.45) is 13.0 Å². The van der Waals surface area contributed by atoms with E-state index in [2.05, 4.69) is 32.1 Å². The average Bonchev–Trinajstić information content (AvgIpc) is 3.68. The maximum absolute atomic E-state index is 15.6. The fourth-order valence-corrected chi connectivity index (χ4v) is 7.55. The van der Waals surface area contributed by atoms with E-state index < -0.39 is 81.0 Å². The summed E-state index contributed by atoms with van der Waals surface area (Å²) in [5, 5.41) is 10.8. The van der Waals surface area contributed by atoms with Crippen LogP contribution in [0.2, 0.25) is 0 Å². The summed E-state index contributed by atoms with van der Waals surface area (Å²) in [6.45, 7) is 1.62. The third kappa shape index (κ3) is 8.47. The molecular formula is C38H37F7N8O3S. The summed E-state index contributed by atoms with van der Waals surface area (Å²) in [5.74, 6) is -3.54. The smallest absolute Gasteiger partial charge is 0.346 e. The van der Waals surface area contributed by atoms with Crippen LogP contribution in [-0.2, 0) is 46.9 Å². The number of benzene rings is 2. The molecule has 0 unspecified atom stereocenters. The molecule has 0 aliphatic heterocycles. The van der Waals surface area contributed by atoms with Gasteiger partial charge in [0.25, 0.3) is 5.92 Å². The molecule has 302 valence electrons. The standard InChI is InChI=1S/C38H37F7N8O3S/c1-20-21(2)37(41,42)35-31(20)34(38(43,44)45)48-53(35)19-30(54)47-29(17-22-15-23(39)18-24(40)16-22)32-26(13-12-25(46-32)9-8-14-51(3)4)27-10-7-11-28-33(27)52(5)49-36(28)50-57(6,55)56/h7,10-13,15-16,18,20-21,29H,14,17,19H2,1-6H3,(H,47,54)(H,49,50)/t20-,21+,29-/m0/s1. The molecule has 1 aliphatic rings. The molecule has 0 radical (unpaired) electrons. The van der Waals surface area contributed by atoms with Crippen molar-refractivity contribution in [3.63, 3.8) is 0 Å². The van der Waals surface area contributed by atoms with Crippen molar-refractivity contribution in [3.8, 4) is 23.0 Å². The maximum atomic E-state index is 15.6.